The lowest BCUT2D eigenvalue weighted by atomic mass is 10.1. The van der Waals surface area contributed by atoms with Crippen molar-refractivity contribution in [2.24, 2.45) is 0 Å². The van der Waals surface area contributed by atoms with Crippen LogP contribution in [0.15, 0.2) is 51.5 Å². The molecule has 2 heterocycles. The summed E-state index contributed by atoms with van der Waals surface area (Å²) < 4.78 is 17.0. The van der Waals surface area contributed by atoms with E-state index in [1.807, 2.05) is 30.3 Å². The third kappa shape index (κ3) is 3.47. The largest absolute Gasteiger partial charge is 0.493 e. The summed E-state index contributed by atoms with van der Waals surface area (Å²) in [7, 11) is 3.14. The van der Waals surface area contributed by atoms with Crippen molar-refractivity contribution in [1.82, 2.24) is 10.1 Å². The van der Waals surface area contributed by atoms with Gasteiger partial charge < -0.3 is 18.9 Å². The number of carbonyl (C=O) groups excluding carboxylic acids is 1. The van der Waals surface area contributed by atoms with Crippen LogP contribution in [0.4, 0.5) is 5.69 Å². The van der Waals surface area contributed by atoms with Gasteiger partial charge in [-0.1, -0.05) is 33.2 Å². The van der Waals surface area contributed by atoms with Crippen molar-refractivity contribution < 1.29 is 18.8 Å². The van der Waals surface area contributed by atoms with Gasteiger partial charge in [0.05, 0.1) is 20.1 Å². The lowest BCUT2D eigenvalue weighted by molar-refractivity contribution is -0.117. The second-order valence-electron chi connectivity index (χ2n) is 6.41. The van der Waals surface area contributed by atoms with Crippen molar-refractivity contribution in [1.29, 1.82) is 0 Å². The van der Waals surface area contributed by atoms with Crippen LogP contribution in [0.3, 0.4) is 0 Å². The molecular formula is C20H18BrN3O4. The molecule has 0 saturated carbocycles. The zero-order chi connectivity index (χ0) is 19.7. The van der Waals surface area contributed by atoms with Crippen LogP contribution in [0, 0.1) is 0 Å². The normalized spacial score (nSPS) is 16.5. The van der Waals surface area contributed by atoms with E-state index in [1.54, 1.807) is 31.3 Å². The minimum absolute atomic E-state index is 0.000532. The van der Waals surface area contributed by atoms with Gasteiger partial charge in [0.15, 0.2) is 11.5 Å². The Morgan fingerprint density at radius 1 is 1.14 bits per heavy atom. The van der Waals surface area contributed by atoms with Crippen molar-refractivity contribution >= 4 is 27.5 Å². The van der Waals surface area contributed by atoms with E-state index in [1.165, 1.54) is 0 Å². The minimum Gasteiger partial charge on any atom is -0.493 e. The Labute approximate surface area is 170 Å². The Bertz CT molecular complexity index is 1020. The van der Waals surface area contributed by atoms with Crippen molar-refractivity contribution in [3.05, 3.63) is 52.8 Å². The highest BCUT2D eigenvalue weighted by Gasteiger charge is 2.35. The third-order valence-corrected chi connectivity index (χ3v) is 5.17. The first kappa shape index (κ1) is 18.5. The van der Waals surface area contributed by atoms with E-state index in [0.717, 1.165) is 15.7 Å². The Hall–Kier alpha value is -2.87. The van der Waals surface area contributed by atoms with Gasteiger partial charge in [-0.25, -0.2) is 0 Å². The number of nitrogens with zero attached hydrogens (tertiary/aromatic N) is 3. The van der Waals surface area contributed by atoms with Gasteiger partial charge >= 0.3 is 0 Å². The minimum atomic E-state index is -0.158. The second-order valence-corrected chi connectivity index (χ2v) is 7.33. The first-order valence-electron chi connectivity index (χ1n) is 8.71. The van der Waals surface area contributed by atoms with Gasteiger partial charge in [-0.2, -0.15) is 4.98 Å². The van der Waals surface area contributed by atoms with Crippen molar-refractivity contribution in [2.75, 3.05) is 25.7 Å². The number of anilines is 1. The van der Waals surface area contributed by atoms with Crippen molar-refractivity contribution in [3.63, 3.8) is 0 Å². The van der Waals surface area contributed by atoms with E-state index in [4.69, 9.17) is 14.0 Å². The highest BCUT2D eigenvalue weighted by atomic mass is 79.9. The average molecular weight is 444 g/mol. The highest BCUT2D eigenvalue weighted by Crippen LogP contribution is 2.36. The molecule has 144 valence electrons. The molecule has 8 heteroatoms. The summed E-state index contributed by atoms with van der Waals surface area (Å²) in [6.07, 6.45) is 0.314. The average Bonchev–Trinajstić information content (AvgIpc) is 3.34. The molecular weight excluding hydrogens is 426 g/mol. The zero-order valence-electron chi connectivity index (χ0n) is 15.4. The Morgan fingerprint density at radius 3 is 2.71 bits per heavy atom. The molecule has 1 aliphatic heterocycles. The van der Waals surface area contributed by atoms with Crippen molar-refractivity contribution in [3.8, 4) is 22.9 Å². The van der Waals surface area contributed by atoms with Crippen LogP contribution in [-0.2, 0) is 4.79 Å². The Morgan fingerprint density at radius 2 is 1.96 bits per heavy atom. The van der Waals surface area contributed by atoms with Crippen LogP contribution in [0.1, 0.15) is 18.2 Å². The van der Waals surface area contributed by atoms with E-state index in [-0.39, 0.29) is 11.8 Å². The van der Waals surface area contributed by atoms with Gasteiger partial charge in [0.1, 0.15) is 0 Å². The Kier molecular flexibility index (Phi) is 5.04. The van der Waals surface area contributed by atoms with Crippen molar-refractivity contribution in [2.45, 2.75) is 12.3 Å². The van der Waals surface area contributed by atoms with Crippen LogP contribution in [0.2, 0.25) is 0 Å². The van der Waals surface area contributed by atoms with Gasteiger partial charge in [-0.05, 0) is 24.3 Å². The number of hydrogen-bond donors (Lipinski definition) is 0. The fourth-order valence-electron chi connectivity index (χ4n) is 3.26. The molecule has 2 aromatic carbocycles. The van der Waals surface area contributed by atoms with Crippen LogP contribution in [0.25, 0.3) is 11.4 Å². The molecule has 0 radical (unpaired) electrons. The molecule has 1 atom stereocenters. The molecule has 1 amide bonds. The first-order chi connectivity index (χ1) is 13.6. The topological polar surface area (TPSA) is 77.7 Å². The predicted molar refractivity (Wildman–Crippen MR) is 107 cm³/mol. The summed E-state index contributed by atoms with van der Waals surface area (Å²) in [6.45, 7) is 0.467. The van der Waals surface area contributed by atoms with Crippen LogP contribution < -0.4 is 14.4 Å². The zero-order valence-corrected chi connectivity index (χ0v) is 17.0. The summed E-state index contributed by atoms with van der Waals surface area (Å²) in [4.78, 5) is 18.8. The van der Waals surface area contributed by atoms with Gasteiger partial charge in [-0.15, -0.1) is 0 Å². The standard InChI is InChI=1S/C20H18BrN3O4/c1-26-16-7-6-15(10-17(16)27-2)24-11-13(9-18(24)25)20-22-19(23-28-20)12-4-3-5-14(21)8-12/h3-8,10,13H,9,11H2,1-2H3. The first-order valence-corrected chi connectivity index (χ1v) is 9.50. The number of aromatic nitrogens is 2. The highest BCUT2D eigenvalue weighted by molar-refractivity contribution is 9.10. The predicted octanol–water partition coefficient (Wildman–Crippen LogP) is 4.04. The summed E-state index contributed by atoms with van der Waals surface area (Å²) in [6, 6.07) is 13.1. The van der Waals surface area contributed by atoms with E-state index in [9.17, 15) is 4.79 Å². The SMILES string of the molecule is COc1ccc(N2CC(c3nc(-c4cccc(Br)c4)no3)CC2=O)cc1OC. The molecule has 1 aromatic heterocycles. The van der Waals surface area contributed by atoms with Gasteiger partial charge in [0.25, 0.3) is 0 Å². The molecule has 3 aromatic rings. The molecule has 1 unspecified atom stereocenters. The number of halogens is 1. The molecule has 1 aliphatic rings. The Balaban J connectivity index is 1.56. The molecule has 0 N–H and O–H groups in total. The number of carbonyl (C=O) groups is 1. The molecule has 7 nitrogen and oxygen atoms in total. The number of amides is 1. The molecule has 0 spiro atoms. The molecule has 28 heavy (non-hydrogen) atoms. The summed E-state index contributed by atoms with van der Waals surface area (Å²) in [5.74, 6) is 2.00. The smallest absolute Gasteiger partial charge is 0.232 e. The fraction of sp³-hybridized carbons (Fsp3) is 0.250. The maximum atomic E-state index is 12.6. The van der Waals surface area contributed by atoms with Crippen LogP contribution in [-0.4, -0.2) is 36.8 Å². The number of ether oxygens (including phenoxy) is 2. The third-order valence-electron chi connectivity index (χ3n) is 4.68. The molecule has 4 rings (SSSR count). The van der Waals surface area contributed by atoms with Crippen LogP contribution in [0.5, 0.6) is 11.5 Å². The molecule has 1 saturated heterocycles. The van der Waals surface area contributed by atoms with Gasteiger partial charge in [-0.3, -0.25) is 4.79 Å². The number of methoxy groups -OCH3 is 2. The monoisotopic (exact) mass is 443 g/mol. The lowest BCUT2D eigenvalue weighted by Gasteiger charge is -2.18. The number of hydrogen-bond acceptors (Lipinski definition) is 6. The van der Waals surface area contributed by atoms with Gasteiger partial charge in [0.2, 0.25) is 17.6 Å². The second kappa shape index (κ2) is 7.63. The van der Waals surface area contributed by atoms with E-state index in [0.29, 0.717) is 36.2 Å². The number of benzene rings is 2. The van der Waals surface area contributed by atoms with Crippen LogP contribution >= 0.6 is 15.9 Å². The number of rotatable bonds is 5. The lowest BCUT2D eigenvalue weighted by Crippen LogP contribution is -2.24. The summed E-state index contributed by atoms with van der Waals surface area (Å²) in [5, 5.41) is 4.07. The maximum absolute atomic E-state index is 12.6. The van der Waals surface area contributed by atoms with Gasteiger partial charge in [0, 0.05) is 34.8 Å². The molecule has 0 aliphatic carbocycles. The summed E-state index contributed by atoms with van der Waals surface area (Å²) in [5.41, 5.74) is 1.60. The molecule has 1 fully saturated rings. The van der Waals surface area contributed by atoms with E-state index < -0.39 is 0 Å². The quantitative estimate of drug-likeness (QED) is 0.591. The van der Waals surface area contributed by atoms with E-state index >= 15 is 0 Å². The summed E-state index contributed by atoms with van der Waals surface area (Å²) >= 11 is 3.44. The maximum Gasteiger partial charge on any atom is 0.232 e. The fourth-order valence-corrected chi connectivity index (χ4v) is 3.66. The van der Waals surface area contributed by atoms with E-state index in [2.05, 4.69) is 26.1 Å². The molecule has 0 bridgehead atoms.